The van der Waals surface area contributed by atoms with Crippen LogP contribution in [0.2, 0.25) is 0 Å². The van der Waals surface area contributed by atoms with Gasteiger partial charge in [0.05, 0.1) is 0 Å². The van der Waals surface area contributed by atoms with Crippen molar-refractivity contribution in [2.75, 3.05) is 0 Å². The first kappa shape index (κ1) is 10.6. The number of aryl methyl sites for hydroxylation is 1. The minimum atomic E-state index is 0.754. The van der Waals surface area contributed by atoms with Gasteiger partial charge in [-0.1, -0.05) is 13.3 Å². The number of nitrogens with one attached hydrogen (secondary N) is 1. The lowest BCUT2D eigenvalue weighted by Crippen LogP contribution is -2.15. The van der Waals surface area contributed by atoms with Gasteiger partial charge in [-0.2, -0.15) is 0 Å². The average Bonchev–Trinajstić information content (AvgIpc) is 3.09. The van der Waals surface area contributed by atoms with E-state index in [1.54, 1.807) is 0 Å². The van der Waals surface area contributed by atoms with Crippen molar-refractivity contribution < 1.29 is 0 Å². The van der Waals surface area contributed by atoms with E-state index in [9.17, 15) is 0 Å². The van der Waals surface area contributed by atoms with Crippen molar-refractivity contribution >= 4 is 0 Å². The average molecular weight is 205 g/mol. The highest BCUT2D eigenvalue weighted by Crippen LogP contribution is 2.19. The molecule has 0 amide bonds. The highest BCUT2D eigenvalue weighted by Gasteiger charge is 2.19. The van der Waals surface area contributed by atoms with Crippen LogP contribution in [-0.4, -0.2) is 16.0 Å². The Morgan fingerprint density at radius 3 is 2.67 bits per heavy atom. The van der Waals surface area contributed by atoms with Gasteiger partial charge >= 0.3 is 0 Å². The Labute approximate surface area is 91.3 Å². The highest BCUT2D eigenvalue weighted by atomic mass is 15.0. The van der Waals surface area contributed by atoms with Gasteiger partial charge in [0.2, 0.25) is 0 Å². The van der Waals surface area contributed by atoms with Crippen LogP contribution in [0.15, 0.2) is 12.4 Å². The van der Waals surface area contributed by atoms with E-state index in [2.05, 4.69) is 22.2 Å². The molecule has 82 valence electrons. The van der Waals surface area contributed by atoms with E-state index >= 15 is 0 Å². The number of unbranched alkanes of at least 4 members (excludes halogenated alkanes) is 1. The fourth-order valence-electron chi connectivity index (χ4n) is 1.49. The molecule has 1 aliphatic carbocycles. The number of hydrogen-bond donors (Lipinski definition) is 1. The van der Waals surface area contributed by atoms with E-state index in [1.165, 1.54) is 31.2 Å². The summed E-state index contributed by atoms with van der Waals surface area (Å²) in [5.41, 5.74) is 1.20. The van der Waals surface area contributed by atoms with E-state index < -0.39 is 0 Å². The molecule has 3 heteroatoms. The fourth-order valence-corrected chi connectivity index (χ4v) is 1.49. The van der Waals surface area contributed by atoms with Gasteiger partial charge in [0.15, 0.2) is 0 Å². The zero-order valence-corrected chi connectivity index (χ0v) is 9.37. The predicted molar refractivity (Wildman–Crippen MR) is 60.5 cm³/mol. The zero-order chi connectivity index (χ0) is 10.5. The Hall–Kier alpha value is -0.960. The SMILES string of the molecule is CCCCc1ncc(CNC2CC2)cn1. The van der Waals surface area contributed by atoms with E-state index in [0.29, 0.717) is 0 Å². The van der Waals surface area contributed by atoms with Crippen LogP contribution in [0.5, 0.6) is 0 Å². The van der Waals surface area contributed by atoms with Crippen LogP contribution >= 0.6 is 0 Å². The second-order valence-electron chi connectivity index (χ2n) is 4.27. The molecule has 1 saturated carbocycles. The standard InChI is InChI=1S/C12H19N3/c1-2-3-4-12-14-8-10(9-15-12)7-13-11-5-6-11/h8-9,11,13H,2-7H2,1H3. The van der Waals surface area contributed by atoms with Crippen LogP contribution in [0.1, 0.15) is 44.0 Å². The second-order valence-corrected chi connectivity index (χ2v) is 4.27. The van der Waals surface area contributed by atoms with E-state index in [1.807, 2.05) is 12.4 Å². The number of hydrogen-bond acceptors (Lipinski definition) is 3. The monoisotopic (exact) mass is 205 g/mol. The molecule has 2 rings (SSSR count). The third-order valence-electron chi connectivity index (χ3n) is 2.68. The van der Waals surface area contributed by atoms with Crippen LogP contribution < -0.4 is 5.32 Å². The first-order chi connectivity index (χ1) is 7.38. The van der Waals surface area contributed by atoms with Crippen molar-refractivity contribution in [1.82, 2.24) is 15.3 Å². The van der Waals surface area contributed by atoms with Crippen molar-refractivity contribution in [1.29, 1.82) is 0 Å². The molecule has 0 aliphatic heterocycles. The van der Waals surface area contributed by atoms with E-state index in [4.69, 9.17) is 0 Å². The minimum Gasteiger partial charge on any atom is -0.310 e. The van der Waals surface area contributed by atoms with Gasteiger partial charge < -0.3 is 5.32 Å². The molecule has 15 heavy (non-hydrogen) atoms. The van der Waals surface area contributed by atoms with Crippen LogP contribution in [-0.2, 0) is 13.0 Å². The molecule has 0 atom stereocenters. The molecule has 1 aromatic heterocycles. The summed E-state index contributed by atoms with van der Waals surface area (Å²) >= 11 is 0. The van der Waals surface area contributed by atoms with Gasteiger partial charge in [-0.25, -0.2) is 9.97 Å². The Bertz CT molecular complexity index is 290. The summed E-state index contributed by atoms with van der Waals surface area (Å²) in [6.45, 7) is 3.10. The first-order valence-electron chi connectivity index (χ1n) is 5.91. The van der Waals surface area contributed by atoms with Crippen LogP contribution in [0.3, 0.4) is 0 Å². The van der Waals surface area contributed by atoms with Crippen molar-refractivity contribution in [3.05, 3.63) is 23.8 Å². The molecule has 0 unspecified atom stereocenters. The van der Waals surface area contributed by atoms with Crippen LogP contribution in [0.25, 0.3) is 0 Å². The zero-order valence-electron chi connectivity index (χ0n) is 9.37. The van der Waals surface area contributed by atoms with Crippen LogP contribution in [0.4, 0.5) is 0 Å². The Balaban J connectivity index is 1.79. The lowest BCUT2D eigenvalue weighted by atomic mass is 10.2. The number of nitrogens with zero attached hydrogens (tertiary/aromatic N) is 2. The summed E-state index contributed by atoms with van der Waals surface area (Å²) in [7, 11) is 0. The van der Waals surface area contributed by atoms with Gasteiger partial charge in [-0.05, 0) is 19.3 Å². The molecular weight excluding hydrogens is 186 g/mol. The predicted octanol–water partition coefficient (Wildman–Crippen LogP) is 2.07. The van der Waals surface area contributed by atoms with Crippen LogP contribution in [0, 0.1) is 0 Å². The smallest absolute Gasteiger partial charge is 0.128 e. The highest BCUT2D eigenvalue weighted by molar-refractivity contribution is 5.05. The molecule has 3 nitrogen and oxygen atoms in total. The van der Waals surface area contributed by atoms with Gasteiger partial charge in [0, 0.05) is 37.0 Å². The Kier molecular flexibility index (Phi) is 3.67. The summed E-state index contributed by atoms with van der Waals surface area (Å²) < 4.78 is 0. The van der Waals surface area contributed by atoms with Crippen molar-refractivity contribution in [2.24, 2.45) is 0 Å². The van der Waals surface area contributed by atoms with Crippen molar-refractivity contribution in [3.8, 4) is 0 Å². The third kappa shape index (κ3) is 3.59. The minimum absolute atomic E-state index is 0.754. The summed E-state index contributed by atoms with van der Waals surface area (Å²) in [4.78, 5) is 8.73. The third-order valence-corrected chi connectivity index (χ3v) is 2.68. The molecule has 1 fully saturated rings. The number of aromatic nitrogens is 2. The molecule has 1 heterocycles. The molecule has 0 spiro atoms. The molecule has 1 N–H and O–H groups in total. The van der Waals surface area contributed by atoms with Gasteiger partial charge in [0.25, 0.3) is 0 Å². The lowest BCUT2D eigenvalue weighted by Gasteiger charge is -2.03. The van der Waals surface area contributed by atoms with E-state index in [-0.39, 0.29) is 0 Å². The quantitative estimate of drug-likeness (QED) is 0.772. The lowest BCUT2D eigenvalue weighted by molar-refractivity contribution is 0.678. The van der Waals surface area contributed by atoms with Gasteiger partial charge in [0.1, 0.15) is 5.82 Å². The molecule has 0 radical (unpaired) electrons. The summed E-state index contributed by atoms with van der Waals surface area (Å²) in [5.74, 6) is 0.979. The summed E-state index contributed by atoms with van der Waals surface area (Å²) in [6, 6.07) is 0.754. The molecule has 0 aromatic carbocycles. The first-order valence-corrected chi connectivity index (χ1v) is 5.91. The van der Waals surface area contributed by atoms with Gasteiger partial charge in [-0.3, -0.25) is 0 Å². The maximum absolute atomic E-state index is 4.36. The summed E-state index contributed by atoms with van der Waals surface area (Å²) in [6.07, 6.45) is 9.95. The fraction of sp³-hybridized carbons (Fsp3) is 0.667. The molecule has 1 aromatic rings. The van der Waals surface area contributed by atoms with Gasteiger partial charge in [-0.15, -0.1) is 0 Å². The van der Waals surface area contributed by atoms with E-state index in [0.717, 1.165) is 24.8 Å². The Morgan fingerprint density at radius 1 is 1.33 bits per heavy atom. The molecule has 1 aliphatic rings. The normalized spacial score (nSPS) is 15.5. The largest absolute Gasteiger partial charge is 0.310 e. The second kappa shape index (κ2) is 5.21. The maximum atomic E-state index is 4.36. The molecular formula is C12H19N3. The molecule has 0 bridgehead atoms. The molecule has 0 saturated heterocycles. The Morgan fingerprint density at radius 2 is 2.07 bits per heavy atom. The van der Waals surface area contributed by atoms with Crippen molar-refractivity contribution in [3.63, 3.8) is 0 Å². The summed E-state index contributed by atoms with van der Waals surface area (Å²) in [5, 5.41) is 3.46. The number of rotatable bonds is 6. The maximum Gasteiger partial charge on any atom is 0.128 e. The van der Waals surface area contributed by atoms with Crippen molar-refractivity contribution in [2.45, 2.75) is 51.6 Å². The topological polar surface area (TPSA) is 37.8 Å².